The van der Waals surface area contributed by atoms with E-state index in [4.69, 9.17) is 0 Å². The summed E-state index contributed by atoms with van der Waals surface area (Å²) in [5, 5.41) is 0. The van der Waals surface area contributed by atoms with E-state index in [1.54, 1.807) is 21.0 Å². The topological polar surface area (TPSA) is 46.3 Å². The van der Waals surface area contributed by atoms with Crippen molar-refractivity contribution < 1.29 is 18.2 Å². The molecule has 0 spiro atoms. The summed E-state index contributed by atoms with van der Waals surface area (Å²) in [7, 11) is -2.98. The molecule has 0 radical (unpaired) electrons. The van der Waals surface area contributed by atoms with Gasteiger partial charge in [0.1, 0.15) is 0 Å². The van der Waals surface area contributed by atoms with Gasteiger partial charge in [0.2, 0.25) is 10.0 Å². The van der Waals surface area contributed by atoms with Crippen LogP contribution in [-0.2, 0) is 10.0 Å². The Morgan fingerprint density at radius 3 is 2.15 bits per heavy atom. The lowest BCUT2D eigenvalue weighted by Crippen LogP contribution is -3.22. The van der Waals surface area contributed by atoms with Crippen LogP contribution in [0.15, 0.2) is 0 Å². The molecule has 118 valence electrons. The van der Waals surface area contributed by atoms with E-state index < -0.39 is 10.0 Å². The van der Waals surface area contributed by atoms with Crippen LogP contribution in [0.25, 0.3) is 0 Å². The van der Waals surface area contributed by atoms with Crippen LogP contribution in [0.2, 0.25) is 0 Å². The van der Waals surface area contributed by atoms with Gasteiger partial charge in [-0.15, -0.1) is 0 Å². The maximum absolute atomic E-state index is 11.9. The number of hydrogen-bond donors (Lipinski definition) is 2. The maximum Gasteiger partial charge on any atom is 0.214 e. The maximum atomic E-state index is 11.9. The first-order valence-corrected chi connectivity index (χ1v) is 9.83. The first kappa shape index (κ1) is 16.2. The minimum absolute atomic E-state index is 0.237. The van der Waals surface area contributed by atoms with E-state index >= 15 is 0 Å². The predicted molar refractivity (Wildman–Crippen MR) is 80.6 cm³/mol. The summed E-state index contributed by atoms with van der Waals surface area (Å²) in [6.07, 6.45) is 3.90. The molecule has 2 heterocycles. The van der Waals surface area contributed by atoms with Crippen molar-refractivity contribution in [2.75, 3.05) is 51.6 Å². The highest BCUT2D eigenvalue weighted by Crippen LogP contribution is 2.03. The second kappa shape index (κ2) is 7.20. The quantitative estimate of drug-likeness (QED) is 0.617. The third-order valence-electron chi connectivity index (χ3n) is 5.00. The summed E-state index contributed by atoms with van der Waals surface area (Å²) in [5.74, 6) is 0.237. The van der Waals surface area contributed by atoms with Crippen LogP contribution in [0.5, 0.6) is 0 Å². The Morgan fingerprint density at radius 1 is 1.05 bits per heavy atom. The zero-order chi connectivity index (χ0) is 14.6. The van der Waals surface area contributed by atoms with Gasteiger partial charge in [-0.25, -0.2) is 8.42 Å². The number of piperazine rings is 1. The molecule has 0 saturated carbocycles. The molecule has 0 atom stereocenters. The van der Waals surface area contributed by atoms with Crippen LogP contribution in [0, 0.1) is 0 Å². The van der Waals surface area contributed by atoms with Crippen molar-refractivity contribution in [1.29, 1.82) is 0 Å². The van der Waals surface area contributed by atoms with Gasteiger partial charge >= 0.3 is 0 Å². The largest absolute Gasteiger partial charge is 0.335 e. The van der Waals surface area contributed by atoms with E-state index in [9.17, 15) is 8.42 Å². The Hall–Kier alpha value is -0.170. The van der Waals surface area contributed by atoms with Crippen molar-refractivity contribution in [1.82, 2.24) is 4.31 Å². The van der Waals surface area contributed by atoms with E-state index in [2.05, 4.69) is 6.92 Å². The monoisotopic (exact) mass is 305 g/mol. The molecule has 2 rings (SSSR count). The summed E-state index contributed by atoms with van der Waals surface area (Å²) < 4.78 is 25.4. The van der Waals surface area contributed by atoms with E-state index in [1.807, 2.05) is 0 Å². The van der Waals surface area contributed by atoms with Gasteiger partial charge in [-0.3, -0.25) is 0 Å². The molecule has 2 aliphatic rings. The number of hydrogen-bond acceptors (Lipinski definition) is 2. The second-order valence-electron chi connectivity index (χ2n) is 6.23. The zero-order valence-corrected chi connectivity index (χ0v) is 13.8. The second-order valence-corrected chi connectivity index (χ2v) is 8.49. The summed E-state index contributed by atoms with van der Waals surface area (Å²) in [6.45, 7) is 11.3. The van der Waals surface area contributed by atoms with Crippen molar-refractivity contribution in [3.8, 4) is 0 Å². The van der Waals surface area contributed by atoms with Gasteiger partial charge in [0.15, 0.2) is 0 Å². The Labute approximate surface area is 124 Å². The first-order valence-electron chi connectivity index (χ1n) is 8.22. The molecule has 20 heavy (non-hydrogen) atoms. The number of quaternary nitrogens is 2. The molecule has 6 heteroatoms. The standard InChI is InChI=1S/C14H29N3O2S/c1-3-7-15-8-5-14(6-9-15)16-10-12-17(13-11-16)20(18,19)4-2/h14H,3-13H2,1-2H3/p+2. The molecule has 2 aliphatic heterocycles. The van der Waals surface area contributed by atoms with Gasteiger partial charge < -0.3 is 9.80 Å². The SMILES string of the molecule is CCC[NH+]1CCC([NH+]2CCN(S(=O)(=O)CC)CC2)CC1. The third kappa shape index (κ3) is 3.93. The van der Waals surface area contributed by atoms with Crippen molar-refractivity contribution in [3.05, 3.63) is 0 Å². The van der Waals surface area contributed by atoms with Gasteiger partial charge in [-0.1, -0.05) is 6.92 Å². The van der Waals surface area contributed by atoms with Gasteiger partial charge in [0.25, 0.3) is 0 Å². The Bertz CT molecular complexity index is 383. The molecule has 2 fully saturated rings. The van der Waals surface area contributed by atoms with Crippen LogP contribution in [0.1, 0.15) is 33.1 Å². The summed E-state index contributed by atoms with van der Waals surface area (Å²) in [5.41, 5.74) is 0. The normalized spacial score (nSPS) is 30.5. The highest BCUT2D eigenvalue weighted by molar-refractivity contribution is 7.89. The Balaban J connectivity index is 1.78. The molecular formula is C14H31N3O2S+2. The zero-order valence-electron chi connectivity index (χ0n) is 13.0. The summed E-state index contributed by atoms with van der Waals surface area (Å²) >= 11 is 0. The van der Waals surface area contributed by atoms with E-state index in [0.717, 1.165) is 19.1 Å². The molecule has 0 aromatic carbocycles. The molecule has 0 aromatic heterocycles. The van der Waals surface area contributed by atoms with Crippen LogP contribution in [0.4, 0.5) is 0 Å². The molecular weight excluding hydrogens is 274 g/mol. The summed E-state index contributed by atoms with van der Waals surface area (Å²) in [4.78, 5) is 3.40. The molecule has 2 N–H and O–H groups in total. The average Bonchev–Trinajstić information content (AvgIpc) is 2.48. The van der Waals surface area contributed by atoms with Gasteiger partial charge in [0.05, 0.1) is 57.6 Å². The summed E-state index contributed by atoms with van der Waals surface area (Å²) in [6, 6.07) is 0.766. The number of likely N-dealkylation sites (tertiary alicyclic amines) is 1. The fourth-order valence-electron chi connectivity index (χ4n) is 3.68. The van der Waals surface area contributed by atoms with Crippen molar-refractivity contribution >= 4 is 10.0 Å². The molecule has 0 amide bonds. The van der Waals surface area contributed by atoms with E-state index in [-0.39, 0.29) is 5.75 Å². The van der Waals surface area contributed by atoms with Crippen molar-refractivity contribution in [3.63, 3.8) is 0 Å². The van der Waals surface area contributed by atoms with Crippen LogP contribution in [0.3, 0.4) is 0 Å². The molecule has 0 bridgehead atoms. The number of nitrogens with zero attached hydrogens (tertiary/aromatic N) is 1. The fourth-order valence-corrected chi connectivity index (χ4v) is 4.78. The molecule has 0 unspecified atom stereocenters. The number of sulfonamides is 1. The highest BCUT2D eigenvalue weighted by atomic mass is 32.2. The highest BCUT2D eigenvalue weighted by Gasteiger charge is 2.34. The Morgan fingerprint density at radius 2 is 1.65 bits per heavy atom. The first-order chi connectivity index (χ1) is 9.56. The van der Waals surface area contributed by atoms with Crippen LogP contribution in [-0.4, -0.2) is 70.3 Å². The molecule has 2 saturated heterocycles. The smallest absolute Gasteiger partial charge is 0.214 e. The van der Waals surface area contributed by atoms with Crippen molar-refractivity contribution in [2.45, 2.75) is 39.2 Å². The molecule has 5 nitrogen and oxygen atoms in total. The predicted octanol–water partition coefficient (Wildman–Crippen LogP) is -2.01. The minimum atomic E-state index is -2.98. The third-order valence-corrected chi connectivity index (χ3v) is 6.88. The van der Waals surface area contributed by atoms with E-state index in [1.165, 1.54) is 38.9 Å². The lowest BCUT2D eigenvalue weighted by atomic mass is 10.0. The Kier molecular flexibility index (Phi) is 5.84. The van der Waals surface area contributed by atoms with Crippen LogP contribution >= 0.6 is 0 Å². The molecule has 0 aromatic rings. The number of rotatable bonds is 5. The van der Waals surface area contributed by atoms with E-state index in [0.29, 0.717) is 13.1 Å². The average molecular weight is 305 g/mol. The van der Waals surface area contributed by atoms with Gasteiger partial charge in [-0.05, 0) is 13.3 Å². The number of piperidine rings is 1. The lowest BCUT2D eigenvalue weighted by Gasteiger charge is -2.38. The van der Waals surface area contributed by atoms with Crippen molar-refractivity contribution in [2.24, 2.45) is 0 Å². The van der Waals surface area contributed by atoms with Crippen LogP contribution < -0.4 is 9.80 Å². The fraction of sp³-hybridized carbons (Fsp3) is 1.00. The molecule has 0 aliphatic carbocycles. The number of nitrogens with one attached hydrogen (secondary N) is 2. The lowest BCUT2D eigenvalue weighted by molar-refractivity contribution is -0.959. The van der Waals surface area contributed by atoms with Gasteiger partial charge in [-0.2, -0.15) is 4.31 Å². The minimum Gasteiger partial charge on any atom is -0.335 e. The van der Waals surface area contributed by atoms with Gasteiger partial charge in [0, 0.05) is 12.8 Å².